The van der Waals surface area contributed by atoms with Gasteiger partial charge in [-0.25, -0.2) is 9.59 Å². The van der Waals surface area contributed by atoms with Crippen LogP contribution in [0.4, 0.5) is 34.1 Å². The zero-order valence-corrected chi connectivity index (χ0v) is 26.1. The monoisotopic (exact) mass is 656 g/mol. The number of hydrogen-bond acceptors (Lipinski definition) is 7. The van der Waals surface area contributed by atoms with Gasteiger partial charge in [0.15, 0.2) is 6.10 Å². The van der Waals surface area contributed by atoms with E-state index in [9.17, 15) is 27.6 Å². The van der Waals surface area contributed by atoms with Crippen LogP contribution in [0, 0.1) is 0 Å². The molecule has 15 heteroatoms. The molecule has 4 heterocycles. The molecule has 0 radical (unpaired) electrons. The van der Waals surface area contributed by atoms with Crippen molar-refractivity contribution >= 4 is 52.3 Å². The lowest BCUT2D eigenvalue weighted by molar-refractivity contribution is -0.142. The van der Waals surface area contributed by atoms with Gasteiger partial charge < -0.3 is 35.4 Å². The summed E-state index contributed by atoms with van der Waals surface area (Å²) < 4.78 is 46.7. The molecule has 0 bridgehead atoms. The van der Waals surface area contributed by atoms with Crippen LogP contribution in [0.5, 0.6) is 0 Å². The predicted octanol–water partition coefficient (Wildman–Crippen LogP) is 5.11. The average molecular weight is 657 g/mol. The number of rotatable bonds is 6. The number of fused-ring (bicyclic) bond motifs is 1. The number of urea groups is 1. The Morgan fingerprint density at radius 1 is 1.14 bits per heavy atom. The van der Waals surface area contributed by atoms with Crippen LogP contribution in [0.15, 0.2) is 23.6 Å². The van der Waals surface area contributed by atoms with Crippen LogP contribution in [-0.4, -0.2) is 96.1 Å². The van der Waals surface area contributed by atoms with E-state index in [-0.39, 0.29) is 29.1 Å². The van der Waals surface area contributed by atoms with Crippen molar-refractivity contribution in [3.8, 4) is 0 Å². The van der Waals surface area contributed by atoms with Gasteiger partial charge in [0, 0.05) is 49.6 Å². The molecule has 10 nitrogen and oxygen atoms in total. The van der Waals surface area contributed by atoms with Gasteiger partial charge in [-0.2, -0.15) is 13.2 Å². The molecule has 0 spiro atoms. The maximum absolute atomic E-state index is 13.7. The fourth-order valence-electron chi connectivity index (χ4n) is 6.07. The smallest absolute Gasteiger partial charge is 0.418 e. The molecule has 44 heavy (non-hydrogen) atoms. The lowest BCUT2D eigenvalue weighted by Gasteiger charge is -2.40. The Bertz CT molecular complexity index is 1390. The van der Waals surface area contributed by atoms with Crippen molar-refractivity contribution in [1.29, 1.82) is 0 Å². The number of amides is 4. The van der Waals surface area contributed by atoms with Crippen molar-refractivity contribution in [2.45, 2.75) is 63.0 Å². The molecule has 2 aromatic rings. The normalized spacial score (nSPS) is 19.2. The summed E-state index contributed by atoms with van der Waals surface area (Å²) in [5.74, 6) is -0.469. The first-order valence-electron chi connectivity index (χ1n) is 14.5. The van der Waals surface area contributed by atoms with Crippen LogP contribution < -0.4 is 11.1 Å². The van der Waals surface area contributed by atoms with Gasteiger partial charge in [0.1, 0.15) is 0 Å². The molecule has 2 saturated heterocycles. The minimum atomic E-state index is -4.76. The van der Waals surface area contributed by atoms with E-state index in [1.54, 1.807) is 21.1 Å². The number of benzene rings is 1. The van der Waals surface area contributed by atoms with Gasteiger partial charge in [-0.15, -0.1) is 11.3 Å². The number of carbonyl (C=O) groups is 3. The van der Waals surface area contributed by atoms with Gasteiger partial charge in [0.25, 0.3) is 5.91 Å². The Morgan fingerprint density at radius 2 is 1.80 bits per heavy atom. The summed E-state index contributed by atoms with van der Waals surface area (Å²) in [6.45, 7) is 1.96. The van der Waals surface area contributed by atoms with Crippen LogP contribution in [0.2, 0.25) is 5.02 Å². The summed E-state index contributed by atoms with van der Waals surface area (Å²) in [6.07, 6.45) is -4.67. The Kier molecular flexibility index (Phi) is 9.52. The second-order valence-electron chi connectivity index (χ2n) is 11.7. The third-order valence-corrected chi connectivity index (χ3v) is 9.88. The molecule has 4 amide bonds. The van der Waals surface area contributed by atoms with E-state index in [2.05, 4.69) is 10.2 Å². The molecule has 3 N–H and O–H groups in total. The summed E-state index contributed by atoms with van der Waals surface area (Å²) in [5, 5.41) is 4.54. The Hall–Kier alpha value is -3.23. The molecule has 1 atom stereocenters. The number of nitrogens with one attached hydrogen (secondary N) is 1. The number of anilines is 2. The molecule has 3 aliphatic heterocycles. The number of nitrogen functional groups attached to an aromatic ring is 1. The number of nitrogens with zero attached hydrogens (tertiary/aromatic N) is 4. The second-order valence-corrected chi connectivity index (χ2v) is 13.1. The first-order chi connectivity index (χ1) is 20.8. The molecular formula is C29H36ClF3N6O4S. The molecule has 240 valence electrons. The van der Waals surface area contributed by atoms with Gasteiger partial charge >= 0.3 is 18.3 Å². The van der Waals surface area contributed by atoms with Gasteiger partial charge in [-0.3, -0.25) is 4.79 Å². The van der Waals surface area contributed by atoms with E-state index < -0.39 is 35.5 Å². The maximum atomic E-state index is 13.7. The SMILES string of the molecule is CN(C)C1CCN(C(=O)[C@@H](Cc2cc(Cl)c(N)c(C(F)(F)F)c2)OC(=O)N2CCC(N3Cc4sccc4NC3=O)CC2)CC1. The van der Waals surface area contributed by atoms with Crippen LogP contribution >= 0.6 is 22.9 Å². The standard InChI is InChI=1S/C29H36ClF3N6O4S/c1-36(2)18-3-8-37(9-4-18)26(40)23(15-17-13-20(29(31,32)33)25(34)21(30)14-17)43-28(42)38-10-5-19(6-11-38)39-16-24-22(7-12-44-24)35-27(39)41/h7,12-14,18-19,23H,3-6,8-11,15-16,34H2,1-2H3,(H,35,41)/t23-/m1/s1. The number of carbonyl (C=O) groups excluding carboxylic acids is 3. The fourth-order valence-corrected chi connectivity index (χ4v) is 7.14. The second kappa shape index (κ2) is 13.0. The van der Waals surface area contributed by atoms with E-state index in [4.69, 9.17) is 22.1 Å². The molecule has 0 saturated carbocycles. The van der Waals surface area contributed by atoms with Crippen molar-refractivity contribution in [2.75, 3.05) is 51.3 Å². The Balaban J connectivity index is 1.28. The van der Waals surface area contributed by atoms with Crippen LogP contribution in [-0.2, 0) is 28.7 Å². The number of hydrogen-bond donors (Lipinski definition) is 2. The van der Waals surface area contributed by atoms with E-state index in [1.807, 2.05) is 25.5 Å². The predicted molar refractivity (Wildman–Crippen MR) is 162 cm³/mol. The minimum absolute atomic E-state index is 0.0774. The van der Waals surface area contributed by atoms with Crippen LogP contribution in [0.1, 0.15) is 41.7 Å². The van der Waals surface area contributed by atoms with Crippen LogP contribution in [0.25, 0.3) is 0 Å². The summed E-state index contributed by atoms with van der Waals surface area (Å²) >= 11 is 7.62. The van der Waals surface area contributed by atoms with E-state index in [1.165, 1.54) is 11.0 Å². The highest BCUT2D eigenvalue weighted by molar-refractivity contribution is 7.10. The Labute approximate surface area is 262 Å². The maximum Gasteiger partial charge on any atom is 0.418 e. The molecule has 1 aromatic carbocycles. The zero-order valence-electron chi connectivity index (χ0n) is 24.5. The summed E-state index contributed by atoms with van der Waals surface area (Å²) in [7, 11) is 3.94. The molecule has 1 aromatic heterocycles. The number of piperidine rings is 2. The average Bonchev–Trinajstić information content (AvgIpc) is 3.44. The molecule has 2 fully saturated rings. The highest BCUT2D eigenvalue weighted by Gasteiger charge is 2.38. The molecule has 5 rings (SSSR count). The first kappa shape index (κ1) is 32.2. The third kappa shape index (κ3) is 7.02. The highest BCUT2D eigenvalue weighted by atomic mass is 35.5. The molecular weight excluding hydrogens is 621 g/mol. The fraction of sp³-hybridized carbons (Fsp3) is 0.552. The van der Waals surface area contributed by atoms with Crippen molar-refractivity contribution in [3.05, 3.63) is 44.6 Å². The van der Waals surface area contributed by atoms with Crippen molar-refractivity contribution in [1.82, 2.24) is 19.6 Å². The van der Waals surface area contributed by atoms with Crippen molar-refractivity contribution in [3.63, 3.8) is 0 Å². The zero-order chi connectivity index (χ0) is 31.8. The first-order valence-corrected chi connectivity index (χ1v) is 15.8. The third-order valence-electron chi connectivity index (χ3n) is 8.67. The number of halogens is 4. The minimum Gasteiger partial charge on any atom is -0.436 e. The Morgan fingerprint density at radius 3 is 2.43 bits per heavy atom. The van der Waals surface area contributed by atoms with Crippen molar-refractivity contribution < 1.29 is 32.3 Å². The number of alkyl halides is 3. The molecule has 0 unspecified atom stereocenters. The summed E-state index contributed by atoms with van der Waals surface area (Å²) in [5.41, 5.74) is 4.79. The quantitative estimate of drug-likeness (QED) is 0.418. The lowest BCUT2D eigenvalue weighted by atomic mass is 10.00. The topological polar surface area (TPSA) is 111 Å². The van der Waals surface area contributed by atoms with Crippen LogP contribution in [0.3, 0.4) is 0 Å². The summed E-state index contributed by atoms with van der Waals surface area (Å²) in [4.78, 5) is 47.7. The molecule has 0 aliphatic carbocycles. The molecule has 3 aliphatic rings. The van der Waals surface area contributed by atoms with Gasteiger partial charge in [-0.05, 0) is 68.9 Å². The van der Waals surface area contributed by atoms with E-state index in [0.717, 1.165) is 29.5 Å². The number of ether oxygens (including phenoxy) is 1. The lowest BCUT2D eigenvalue weighted by Crippen LogP contribution is -2.52. The van der Waals surface area contributed by atoms with Gasteiger partial charge in [0.2, 0.25) is 0 Å². The van der Waals surface area contributed by atoms with Crippen molar-refractivity contribution in [2.24, 2.45) is 0 Å². The number of nitrogens with two attached hydrogens (primary N) is 1. The summed E-state index contributed by atoms with van der Waals surface area (Å²) in [6, 6.07) is 4.02. The largest absolute Gasteiger partial charge is 0.436 e. The van der Waals surface area contributed by atoms with E-state index in [0.29, 0.717) is 51.6 Å². The van der Waals surface area contributed by atoms with E-state index >= 15 is 0 Å². The van der Waals surface area contributed by atoms with Gasteiger partial charge in [0.05, 0.1) is 28.5 Å². The number of likely N-dealkylation sites (tertiary alicyclic amines) is 2. The van der Waals surface area contributed by atoms with Gasteiger partial charge in [-0.1, -0.05) is 11.6 Å². The number of thiophene rings is 1. The highest BCUT2D eigenvalue weighted by Crippen LogP contribution is 2.38.